The average Bonchev–Trinajstić information content (AvgIpc) is 2.16. The Kier molecular flexibility index (Phi) is 5.02. The van der Waals surface area contributed by atoms with Crippen molar-refractivity contribution in [3.63, 3.8) is 0 Å². The number of piperidine rings is 1. The molecule has 0 radical (unpaired) electrons. The summed E-state index contributed by atoms with van der Waals surface area (Å²) in [7, 11) is 0. The Morgan fingerprint density at radius 2 is 2.06 bits per heavy atom. The molecule has 2 atom stereocenters. The number of carbonyl (C=O) groups is 1. The van der Waals surface area contributed by atoms with Crippen LogP contribution in [0, 0.1) is 0 Å². The third-order valence-corrected chi connectivity index (χ3v) is 3.02. The van der Waals surface area contributed by atoms with Crippen LogP contribution in [0.15, 0.2) is 0 Å². The van der Waals surface area contributed by atoms with E-state index in [2.05, 4.69) is 12.2 Å². The number of primary amides is 1. The van der Waals surface area contributed by atoms with Gasteiger partial charge in [0, 0.05) is 25.2 Å². The van der Waals surface area contributed by atoms with Crippen LogP contribution >= 0.6 is 0 Å². The van der Waals surface area contributed by atoms with Crippen molar-refractivity contribution in [3.05, 3.63) is 0 Å². The number of amides is 2. The molecule has 1 fully saturated rings. The van der Waals surface area contributed by atoms with E-state index in [0.29, 0.717) is 12.1 Å². The molecule has 16 heavy (non-hydrogen) atoms. The lowest BCUT2D eigenvalue weighted by molar-refractivity contribution is 0.157. The first-order valence-corrected chi connectivity index (χ1v) is 5.97. The predicted molar refractivity (Wildman–Crippen MR) is 63.1 cm³/mol. The molecule has 0 spiro atoms. The average molecular weight is 229 g/mol. The molecule has 94 valence electrons. The highest BCUT2D eigenvalue weighted by Gasteiger charge is 2.22. The van der Waals surface area contributed by atoms with Crippen molar-refractivity contribution in [1.29, 1.82) is 0 Å². The lowest BCUT2D eigenvalue weighted by atomic mass is 10.0. The summed E-state index contributed by atoms with van der Waals surface area (Å²) in [5, 5.41) is 12.7. The lowest BCUT2D eigenvalue weighted by Crippen LogP contribution is -2.48. The van der Waals surface area contributed by atoms with Gasteiger partial charge in [0.1, 0.15) is 0 Å². The molecule has 1 heterocycles. The first kappa shape index (κ1) is 13.3. The van der Waals surface area contributed by atoms with Crippen LogP contribution in [0.25, 0.3) is 0 Å². The highest BCUT2D eigenvalue weighted by atomic mass is 16.3. The summed E-state index contributed by atoms with van der Waals surface area (Å²) in [4.78, 5) is 12.6. The van der Waals surface area contributed by atoms with E-state index < -0.39 is 0 Å². The molecule has 5 nitrogen and oxygen atoms in total. The number of hydrogen-bond donors (Lipinski definition) is 3. The van der Waals surface area contributed by atoms with Crippen LogP contribution in [0.1, 0.15) is 33.1 Å². The minimum atomic E-state index is -0.324. The lowest BCUT2D eigenvalue weighted by Gasteiger charge is -2.33. The standard InChI is InChI=1S/C11H23N3O2/c1-8(7-9(2)15)13-10-3-5-14(6-4-10)11(12)16/h8-10,13,15H,3-7H2,1-2H3,(H2,12,16). The van der Waals surface area contributed by atoms with Crippen molar-refractivity contribution in [1.82, 2.24) is 10.2 Å². The zero-order valence-electron chi connectivity index (χ0n) is 10.1. The summed E-state index contributed by atoms with van der Waals surface area (Å²) < 4.78 is 0. The Morgan fingerprint density at radius 1 is 1.50 bits per heavy atom. The monoisotopic (exact) mass is 229 g/mol. The van der Waals surface area contributed by atoms with Gasteiger partial charge in [-0.25, -0.2) is 4.79 Å². The number of hydrogen-bond acceptors (Lipinski definition) is 3. The molecule has 1 aliphatic rings. The van der Waals surface area contributed by atoms with Gasteiger partial charge in [0.25, 0.3) is 0 Å². The van der Waals surface area contributed by atoms with Crippen LogP contribution in [-0.4, -0.2) is 47.3 Å². The Hall–Kier alpha value is -0.810. The summed E-state index contributed by atoms with van der Waals surface area (Å²) >= 11 is 0. The first-order valence-electron chi connectivity index (χ1n) is 5.97. The van der Waals surface area contributed by atoms with Gasteiger partial charge in [-0.3, -0.25) is 0 Å². The number of nitrogens with two attached hydrogens (primary N) is 1. The van der Waals surface area contributed by atoms with Gasteiger partial charge in [-0.15, -0.1) is 0 Å². The first-order chi connectivity index (χ1) is 7.49. The van der Waals surface area contributed by atoms with Crippen molar-refractivity contribution < 1.29 is 9.90 Å². The van der Waals surface area contributed by atoms with Crippen LogP contribution in [0.4, 0.5) is 4.79 Å². The maximum absolute atomic E-state index is 10.9. The van der Waals surface area contributed by atoms with Gasteiger partial charge in [0.05, 0.1) is 6.10 Å². The number of rotatable bonds is 4. The highest BCUT2D eigenvalue weighted by molar-refractivity contribution is 5.72. The van der Waals surface area contributed by atoms with Gasteiger partial charge < -0.3 is 21.1 Å². The molecule has 0 aromatic carbocycles. The molecule has 0 saturated carbocycles. The second-order valence-corrected chi connectivity index (χ2v) is 4.75. The number of likely N-dealkylation sites (tertiary alicyclic amines) is 1. The van der Waals surface area contributed by atoms with Gasteiger partial charge in [-0.05, 0) is 33.1 Å². The van der Waals surface area contributed by atoms with E-state index in [1.807, 2.05) is 0 Å². The summed E-state index contributed by atoms with van der Waals surface area (Å²) in [6, 6.07) is 0.421. The molecule has 0 bridgehead atoms. The van der Waals surface area contributed by atoms with Crippen LogP contribution < -0.4 is 11.1 Å². The van der Waals surface area contributed by atoms with Gasteiger partial charge >= 0.3 is 6.03 Å². The van der Waals surface area contributed by atoms with E-state index >= 15 is 0 Å². The Morgan fingerprint density at radius 3 is 2.50 bits per heavy atom. The predicted octanol–water partition coefficient (Wildman–Crippen LogP) is 0.279. The Labute approximate surface area is 97.0 Å². The quantitative estimate of drug-likeness (QED) is 0.648. The van der Waals surface area contributed by atoms with E-state index in [1.165, 1.54) is 0 Å². The highest BCUT2D eigenvalue weighted by Crippen LogP contribution is 2.11. The zero-order valence-corrected chi connectivity index (χ0v) is 10.1. The number of carbonyl (C=O) groups excluding carboxylic acids is 1. The van der Waals surface area contributed by atoms with E-state index in [1.54, 1.807) is 11.8 Å². The van der Waals surface area contributed by atoms with Gasteiger partial charge in [0.2, 0.25) is 0 Å². The summed E-state index contributed by atoms with van der Waals surface area (Å²) in [5.41, 5.74) is 5.21. The van der Waals surface area contributed by atoms with E-state index in [9.17, 15) is 9.90 Å². The minimum Gasteiger partial charge on any atom is -0.393 e. The van der Waals surface area contributed by atoms with Crippen LogP contribution in [0.3, 0.4) is 0 Å². The van der Waals surface area contributed by atoms with Crippen molar-refractivity contribution in [3.8, 4) is 0 Å². The molecule has 0 aromatic heterocycles. The molecule has 5 heteroatoms. The molecule has 0 aliphatic carbocycles. The number of nitrogens with zero attached hydrogens (tertiary/aromatic N) is 1. The largest absolute Gasteiger partial charge is 0.393 e. The number of nitrogens with one attached hydrogen (secondary N) is 1. The van der Waals surface area contributed by atoms with Crippen molar-refractivity contribution in [2.45, 2.75) is 51.3 Å². The molecule has 2 unspecified atom stereocenters. The maximum Gasteiger partial charge on any atom is 0.314 e. The SMILES string of the molecule is CC(O)CC(C)NC1CCN(C(N)=O)CC1. The fourth-order valence-electron chi connectivity index (χ4n) is 2.25. The van der Waals surface area contributed by atoms with Crippen LogP contribution in [-0.2, 0) is 0 Å². The molecule has 1 rings (SSSR count). The number of aliphatic hydroxyl groups excluding tert-OH is 1. The Bertz CT molecular complexity index is 225. The van der Waals surface area contributed by atoms with Gasteiger partial charge in [-0.1, -0.05) is 0 Å². The fourth-order valence-corrected chi connectivity index (χ4v) is 2.25. The fraction of sp³-hybridized carbons (Fsp3) is 0.909. The van der Waals surface area contributed by atoms with Crippen LogP contribution in [0.5, 0.6) is 0 Å². The molecule has 1 aliphatic heterocycles. The van der Waals surface area contributed by atoms with Crippen molar-refractivity contribution >= 4 is 6.03 Å². The zero-order chi connectivity index (χ0) is 12.1. The van der Waals surface area contributed by atoms with E-state index in [0.717, 1.165) is 32.4 Å². The molecule has 4 N–H and O–H groups in total. The van der Waals surface area contributed by atoms with E-state index in [4.69, 9.17) is 5.73 Å². The maximum atomic E-state index is 10.9. The third kappa shape index (κ3) is 4.37. The summed E-state index contributed by atoms with van der Waals surface area (Å²) in [6.07, 6.45) is 2.36. The molecular formula is C11H23N3O2. The van der Waals surface area contributed by atoms with Crippen molar-refractivity contribution in [2.75, 3.05) is 13.1 Å². The molecule has 0 aromatic rings. The number of aliphatic hydroxyl groups is 1. The second-order valence-electron chi connectivity index (χ2n) is 4.75. The van der Waals surface area contributed by atoms with Crippen molar-refractivity contribution in [2.24, 2.45) is 5.73 Å². The smallest absolute Gasteiger partial charge is 0.314 e. The molecule has 1 saturated heterocycles. The normalized spacial score (nSPS) is 21.8. The number of urea groups is 1. The van der Waals surface area contributed by atoms with E-state index in [-0.39, 0.29) is 12.1 Å². The Balaban J connectivity index is 2.24. The van der Waals surface area contributed by atoms with Crippen LogP contribution in [0.2, 0.25) is 0 Å². The minimum absolute atomic E-state index is 0.270. The van der Waals surface area contributed by atoms with Gasteiger partial charge in [0.15, 0.2) is 0 Å². The second kappa shape index (κ2) is 6.06. The van der Waals surface area contributed by atoms with Gasteiger partial charge in [-0.2, -0.15) is 0 Å². The molecular weight excluding hydrogens is 206 g/mol. The summed E-state index contributed by atoms with van der Waals surface area (Å²) in [6.45, 7) is 5.34. The molecule has 2 amide bonds. The summed E-state index contributed by atoms with van der Waals surface area (Å²) in [5.74, 6) is 0. The third-order valence-electron chi connectivity index (χ3n) is 3.02. The topological polar surface area (TPSA) is 78.6 Å².